The first-order valence-electron chi connectivity index (χ1n) is 13.0. The van der Waals surface area contributed by atoms with E-state index >= 15 is 0 Å². The second kappa shape index (κ2) is 12.3. The molecule has 0 radical (unpaired) electrons. The van der Waals surface area contributed by atoms with Crippen LogP contribution in [0.5, 0.6) is 0 Å². The number of benzene rings is 2. The maximum absolute atomic E-state index is 13.6. The Kier molecular flexibility index (Phi) is 8.86. The number of nitrogens with zero attached hydrogens (tertiary/aromatic N) is 2. The smallest absolute Gasteiger partial charge is 0.255 e. The molecule has 190 valence electrons. The van der Waals surface area contributed by atoms with Gasteiger partial charge in [-0.15, -0.1) is 0 Å². The molecule has 2 N–H and O–H groups in total. The van der Waals surface area contributed by atoms with Gasteiger partial charge in [0.25, 0.3) is 5.91 Å². The summed E-state index contributed by atoms with van der Waals surface area (Å²) in [4.78, 5) is 33.6. The lowest BCUT2D eigenvalue weighted by Crippen LogP contribution is -2.43. The molecule has 0 aliphatic carbocycles. The Balaban J connectivity index is 1.65. The van der Waals surface area contributed by atoms with E-state index in [1.165, 1.54) is 0 Å². The molecule has 0 saturated carbocycles. The average Bonchev–Trinajstić information content (AvgIpc) is 2.89. The molecule has 4 rings (SSSR count). The van der Waals surface area contributed by atoms with E-state index in [9.17, 15) is 9.59 Å². The summed E-state index contributed by atoms with van der Waals surface area (Å²) in [6.07, 6.45) is 4.88. The zero-order valence-electron chi connectivity index (χ0n) is 21.4. The maximum atomic E-state index is 13.6. The van der Waals surface area contributed by atoms with Crippen LogP contribution in [0, 0.1) is 5.92 Å². The highest BCUT2D eigenvalue weighted by molar-refractivity contribution is 8.13. The molecule has 0 aromatic heterocycles. The number of rotatable bonds is 9. The van der Waals surface area contributed by atoms with Gasteiger partial charge in [-0.3, -0.25) is 9.59 Å². The van der Waals surface area contributed by atoms with Gasteiger partial charge in [0.15, 0.2) is 5.17 Å². The summed E-state index contributed by atoms with van der Waals surface area (Å²) >= 11 is 1.74. The van der Waals surface area contributed by atoms with E-state index in [0.717, 1.165) is 72.2 Å². The van der Waals surface area contributed by atoms with E-state index in [4.69, 9.17) is 4.99 Å². The van der Waals surface area contributed by atoms with Crippen molar-refractivity contribution < 1.29 is 9.59 Å². The van der Waals surface area contributed by atoms with Crippen LogP contribution in [0.2, 0.25) is 0 Å². The largest absolute Gasteiger partial charge is 0.340 e. The number of anilines is 2. The maximum Gasteiger partial charge on any atom is 0.255 e. The third-order valence-corrected chi connectivity index (χ3v) is 7.85. The van der Waals surface area contributed by atoms with Crippen LogP contribution in [-0.2, 0) is 9.59 Å². The van der Waals surface area contributed by atoms with E-state index < -0.39 is 0 Å². The number of fused-ring (bicyclic) bond motifs is 1. The van der Waals surface area contributed by atoms with Crippen LogP contribution in [0.15, 0.2) is 70.9 Å². The number of carbonyl (C=O) groups is 2. The normalized spacial score (nSPS) is 18.2. The number of thioether (sulfide) groups is 1. The van der Waals surface area contributed by atoms with E-state index in [2.05, 4.69) is 29.4 Å². The molecule has 2 atom stereocenters. The Morgan fingerprint density at radius 3 is 2.61 bits per heavy atom. The second-order valence-electron chi connectivity index (χ2n) is 9.37. The quantitative estimate of drug-likeness (QED) is 0.403. The van der Waals surface area contributed by atoms with E-state index in [1.807, 2.05) is 61.5 Å². The topological polar surface area (TPSA) is 73.8 Å². The summed E-state index contributed by atoms with van der Waals surface area (Å²) < 4.78 is 0. The van der Waals surface area contributed by atoms with Crippen molar-refractivity contribution in [2.24, 2.45) is 10.9 Å². The van der Waals surface area contributed by atoms with Gasteiger partial charge in [-0.1, -0.05) is 68.8 Å². The predicted octanol–water partition coefficient (Wildman–Crippen LogP) is 6.60. The van der Waals surface area contributed by atoms with Crippen molar-refractivity contribution in [2.75, 3.05) is 22.9 Å². The molecule has 2 aromatic carbocycles. The number of aliphatic imine (C=N–C) groups is 1. The first-order chi connectivity index (χ1) is 17.5. The predicted molar refractivity (Wildman–Crippen MR) is 150 cm³/mol. The Morgan fingerprint density at radius 2 is 1.86 bits per heavy atom. The SMILES string of the molecule is CCCC[C@@H](CC)C(=O)Nc1cccc([C@@H]2C(C(=O)Nc3ccccc3)=C(C)N=C3SCCCN32)c1. The molecule has 2 heterocycles. The van der Waals surface area contributed by atoms with Gasteiger partial charge in [0.2, 0.25) is 5.91 Å². The highest BCUT2D eigenvalue weighted by Crippen LogP contribution is 2.40. The van der Waals surface area contributed by atoms with Crippen molar-refractivity contribution >= 4 is 40.1 Å². The van der Waals surface area contributed by atoms with E-state index in [-0.39, 0.29) is 23.8 Å². The Morgan fingerprint density at radius 1 is 1.08 bits per heavy atom. The van der Waals surface area contributed by atoms with Gasteiger partial charge >= 0.3 is 0 Å². The monoisotopic (exact) mass is 504 g/mol. The molecule has 2 aliphatic rings. The van der Waals surface area contributed by atoms with Crippen LogP contribution >= 0.6 is 11.8 Å². The number of amidine groups is 1. The van der Waals surface area contributed by atoms with Crippen molar-refractivity contribution in [3.05, 3.63) is 71.4 Å². The summed E-state index contributed by atoms with van der Waals surface area (Å²) in [6.45, 7) is 6.96. The summed E-state index contributed by atoms with van der Waals surface area (Å²) in [5.41, 5.74) is 3.86. The molecule has 7 heteroatoms. The van der Waals surface area contributed by atoms with Crippen LogP contribution in [0.3, 0.4) is 0 Å². The Bertz CT molecular complexity index is 1140. The van der Waals surface area contributed by atoms with Gasteiger partial charge in [-0.05, 0) is 56.0 Å². The molecule has 1 fully saturated rings. The first kappa shape index (κ1) is 26.0. The van der Waals surface area contributed by atoms with Crippen LogP contribution < -0.4 is 10.6 Å². The van der Waals surface area contributed by atoms with Crippen molar-refractivity contribution in [1.29, 1.82) is 0 Å². The van der Waals surface area contributed by atoms with Crippen molar-refractivity contribution in [3.63, 3.8) is 0 Å². The van der Waals surface area contributed by atoms with Gasteiger partial charge in [0.05, 0.1) is 17.3 Å². The zero-order valence-corrected chi connectivity index (χ0v) is 22.2. The van der Waals surface area contributed by atoms with Gasteiger partial charge in [0.1, 0.15) is 0 Å². The number of carbonyl (C=O) groups excluding carboxylic acids is 2. The third kappa shape index (κ3) is 6.01. The standard InChI is InChI=1S/C29H36N4O2S/c1-4-6-12-21(5-2)27(34)32-24-16-10-13-22(19-24)26-25(28(35)31-23-14-8-7-9-15-23)20(3)30-29-33(26)17-11-18-36-29/h7-10,13-16,19,21,26H,4-6,11-12,17-18H2,1-3H3,(H,31,35)(H,32,34)/t21-,26-/m1/s1. The number of hydrogen-bond donors (Lipinski definition) is 2. The number of allylic oxidation sites excluding steroid dienone is 1. The van der Waals surface area contributed by atoms with Gasteiger partial charge < -0.3 is 15.5 Å². The lowest BCUT2D eigenvalue weighted by atomic mass is 9.93. The van der Waals surface area contributed by atoms with Gasteiger partial charge in [0, 0.05) is 29.6 Å². The molecule has 6 nitrogen and oxygen atoms in total. The molecule has 0 unspecified atom stereocenters. The number of para-hydroxylation sites is 1. The van der Waals surface area contributed by atoms with Crippen LogP contribution in [0.4, 0.5) is 11.4 Å². The van der Waals surface area contributed by atoms with Crippen molar-refractivity contribution in [2.45, 2.75) is 58.9 Å². The minimum Gasteiger partial charge on any atom is -0.340 e. The molecule has 0 bridgehead atoms. The summed E-state index contributed by atoms with van der Waals surface area (Å²) in [5.74, 6) is 0.945. The van der Waals surface area contributed by atoms with Gasteiger partial charge in [-0.25, -0.2) is 4.99 Å². The second-order valence-corrected chi connectivity index (χ2v) is 10.4. The average molecular weight is 505 g/mol. The number of hydrogen-bond acceptors (Lipinski definition) is 5. The molecule has 1 saturated heterocycles. The molecular weight excluding hydrogens is 468 g/mol. The fraction of sp³-hybridized carbons (Fsp3) is 0.414. The number of unbranched alkanes of at least 4 members (excludes halogenated alkanes) is 1. The molecule has 2 amide bonds. The highest BCUT2D eigenvalue weighted by Gasteiger charge is 2.37. The summed E-state index contributed by atoms with van der Waals surface area (Å²) in [7, 11) is 0. The lowest BCUT2D eigenvalue weighted by molar-refractivity contribution is -0.120. The number of nitrogens with one attached hydrogen (secondary N) is 2. The van der Waals surface area contributed by atoms with Gasteiger partial charge in [-0.2, -0.15) is 0 Å². The molecule has 36 heavy (non-hydrogen) atoms. The lowest BCUT2D eigenvalue weighted by Gasteiger charge is -2.41. The molecule has 2 aromatic rings. The van der Waals surface area contributed by atoms with Crippen LogP contribution in [0.1, 0.15) is 64.5 Å². The fourth-order valence-electron chi connectivity index (χ4n) is 4.83. The Labute approximate surface area is 218 Å². The highest BCUT2D eigenvalue weighted by atomic mass is 32.2. The first-order valence-corrected chi connectivity index (χ1v) is 14.0. The summed E-state index contributed by atoms with van der Waals surface area (Å²) in [6, 6.07) is 17.2. The molecular formula is C29H36N4O2S. The van der Waals surface area contributed by atoms with Crippen LogP contribution in [0.25, 0.3) is 0 Å². The fourth-order valence-corrected chi connectivity index (χ4v) is 5.85. The molecule has 2 aliphatic heterocycles. The Hall–Kier alpha value is -3.06. The zero-order chi connectivity index (χ0) is 25.5. The minimum atomic E-state index is -0.270. The van der Waals surface area contributed by atoms with Crippen LogP contribution in [-0.4, -0.2) is 34.2 Å². The number of amides is 2. The molecule has 0 spiro atoms. The van der Waals surface area contributed by atoms with Crippen molar-refractivity contribution in [3.8, 4) is 0 Å². The van der Waals surface area contributed by atoms with E-state index in [1.54, 1.807) is 11.8 Å². The minimum absolute atomic E-state index is 0.00914. The summed E-state index contributed by atoms with van der Waals surface area (Å²) in [5, 5.41) is 7.15. The van der Waals surface area contributed by atoms with Crippen molar-refractivity contribution in [1.82, 2.24) is 4.90 Å². The van der Waals surface area contributed by atoms with E-state index in [0.29, 0.717) is 5.57 Å². The third-order valence-electron chi connectivity index (χ3n) is 6.77.